The Morgan fingerprint density at radius 2 is 2.04 bits per heavy atom. The summed E-state index contributed by atoms with van der Waals surface area (Å²) < 4.78 is 0. The molecule has 0 aromatic heterocycles. The Balaban J connectivity index is 1.55. The first-order valence-corrected chi connectivity index (χ1v) is 8.85. The molecule has 2 aromatic carbocycles. The molecule has 0 spiro atoms. The summed E-state index contributed by atoms with van der Waals surface area (Å²) in [7, 11) is 0. The molecule has 0 aliphatic carbocycles. The van der Waals surface area contributed by atoms with E-state index in [1.165, 1.54) is 0 Å². The predicted molar refractivity (Wildman–Crippen MR) is 97.4 cm³/mol. The number of aryl methyl sites for hydroxylation is 1. The Hall–Kier alpha value is -2.56. The molecule has 25 heavy (non-hydrogen) atoms. The van der Waals surface area contributed by atoms with Crippen LogP contribution in [-0.2, 0) is 16.0 Å². The lowest BCUT2D eigenvalue weighted by molar-refractivity contribution is -0.130. The number of aromatic hydroxyl groups is 1. The highest BCUT2D eigenvalue weighted by Crippen LogP contribution is 2.29. The number of benzene rings is 2. The minimum atomic E-state index is -0.0386. The lowest BCUT2D eigenvalue weighted by Crippen LogP contribution is -2.38. The van der Waals surface area contributed by atoms with Gasteiger partial charge in [0.2, 0.25) is 11.8 Å². The highest BCUT2D eigenvalue weighted by atomic mass is 16.3. The Morgan fingerprint density at radius 1 is 1.24 bits per heavy atom. The molecule has 2 aromatic rings. The summed E-state index contributed by atoms with van der Waals surface area (Å²) in [5.74, 6) is 0.354. The fourth-order valence-corrected chi connectivity index (χ4v) is 3.38. The van der Waals surface area contributed by atoms with Crippen LogP contribution in [0, 0.1) is 0 Å². The average Bonchev–Trinajstić information content (AvgIpc) is 3.09. The smallest absolute Gasteiger partial charge is 0.222 e. The Morgan fingerprint density at radius 3 is 2.84 bits per heavy atom. The normalized spacial score (nSPS) is 17.0. The summed E-state index contributed by atoms with van der Waals surface area (Å²) >= 11 is 0. The van der Waals surface area contributed by atoms with Crippen molar-refractivity contribution in [2.45, 2.75) is 38.6 Å². The fraction of sp³-hybridized carbons (Fsp3) is 0.400. The van der Waals surface area contributed by atoms with Gasteiger partial charge in [-0.05, 0) is 23.8 Å². The highest BCUT2D eigenvalue weighted by molar-refractivity contribution is 5.89. The highest BCUT2D eigenvalue weighted by Gasteiger charge is 2.26. The quantitative estimate of drug-likeness (QED) is 0.879. The zero-order valence-electron chi connectivity index (χ0n) is 14.5. The van der Waals surface area contributed by atoms with Crippen LogP contribution >= 0.6 is 0 Å². The van der Waals surface area contributed by atoms with Crippen LogP contribution < -0.4 is 5.32 Å². The molecule has 1 unspecified atom stereocenters. The molecule has 2 amide bonds. The lowest BCUT2D eigenvalue weighted by atomic mass is 10.0. The summed E-state index contributed by atoms with van der Waals surface area (Å²) in [6.45, 7) is 3.16. The van der Waals surface area contributed by atoms with Crippen molar-refractivity contribution in [2.75, 3.05) is 13.1 Å². The third-order valence-electron chi connectivity index (χ3n) is 4.81. The number of hydrogen-bond donors (Lipinski definition) is 2. The van der Waals surface area contributed by atoms with Crippen LogP contribution in [0.2, 0.25) is 0 Å². The van der Waals surface area contributed by atoms with Gasteiger partial charge in [-0.2, -0.15) is 0 Å². The maximum Gasteiger partial charge on any atom is 0.222 e. The van der Waals surface area contributed by atoms with Gasteiger partial charge < -0.3 is 15.3 Å². The number of carbonyl (C=O) groups is 2. The summed E-state index contributed by atoms with van der Waals surface area (Å²) in [4.78, 5) is 25.7. The number of phenols is 1. The van der Waals surface area contributed by atoms with Crippen molar-refractivity contribution in [1.82, 2.24) is 10.2 Å². The van der Waals surface area contributed by atoms with Crippen molar-refractivity contribution in [3.8, 4) is 5.75 Å². The summed E-state index contributed by atoms with van der Waals surface area (Å²) in [6.07, 6.45) is 2.12. The molecule has 1 heterocycles. The van der Waals surface area contributed by atoms with E-state index >= 15 is 0 Å². The molecule has 5 heteroatoms. The van der Waals surface area contributed by atoms with Crippen LogP contribution in [-0.4, -0.2) is 41.0 Å². The SMILES string of the molecule is CCC(=O)N1CCC(NC(=O)CCc2ccc3ccccc3c2O)C1. The largest absolute Gasteiger partial charge is 0.507 e. The van der Waals surface area contributed by atoms with Crippen molar-refractivity contribution in [2.24, 2.45) is 0 Å². The lowest BCUT2D eigenvalue weighted by Gasteiger charge is -2.16. The first-order valence-electron chi connectivity index (χ1n) is 8.85. The van der Waals surface area contributed by atoms with Crippen LogP contribution in [0.4, 0.5) is 0 Å². The monoisotopic (exact) mass is 340 g/mol. The van der Waals surface area contributed by atoms with E-state index in [1.54, 1.807) is 4.90 Å². The Labute approximate surface area is 147 Å². The molecular weight excluding hydrogens is 316 g/mol. The molecule has 1 aliphatic heterocycles. The molecule has 0 radical (unpaired) electrons. The number of hydrogen-bond acceptors (Lipinski definition) is 3. The van der Waals surface area contributed by atoms with Gasteiger partial charge in [0.25, 0.3) is 0 Å². The molecule has 1 saturated heterocycles. The molecule has 1 atom stereocenters. The molecule has 1 aliphatic rings. The number of likely N-dealkylation sites (tertiary alicyclic amines) is 1. The Kier molecular flexibility index (Phi) is 5.22. The van der Waals surface area contributed by atoms with Crippen LogP contribution in [0.25, 0.3) is 10.8 Å². The van der Waals surface area contributed by atoms with E-state index in [2.05, 4.69) is 5.32 Å². The summed E-state index contributed by atoms with van der Waals surface area (Å²) in [6, 6.07) is 11.5. The van der Waals surface area contributed by atoms with Crippen molar-refractivity contribution >= 4 is 22.6 Å². The minimum absolute atomic E-state index is 0.0354. The molecular formula is C20H24N2O3. The van der Waals surface area contributed by atoms with Gasteiger partial charge in [-0.3, -0.25) is 9.59 Å². The van der Waals surface area contributed by atoms with Crippen molar-refractivity contribution < 1.29 is 14.7 Å². The van der Waals surface area contributed by atoms with Crippen molar-refractivity contribution in [3.63, 3.8) is 0 Å². The first-order chi connectivity index (χ1) is 12.1. The van der Waals surface area contributed by atoms with Crippen LogP contribution in [0.5, 0.6) is 5.75 Å². The van der Waals surface area contributed by atoms with E-state index in [4.69, 9.17) is 0 Å². The van der Waals surface area contributed by atoms with E-state index in [0.29, 0.717) is 32.4 Å². The number of rotatable bonds is 5. The van der Waals surface area contributed by atoms with Gasteiger partial charge in [0, 0.05) is 37.4 Å². The third kappa shape index (κ3) is 3.92. The topological polar surface area (TPSA) is 69.6 Å². The number of fused-ring (bicyclic) bond motifs is 1. The fourth-order valence-electron chi connectivity index (χ4n) is 3.38. The van der Waals surface area contributed by atoms with Gasteiger partial charge in [0.1, 0.15) is 5.75 Å². The van der Waals surface area contributed by atoms with Crippen LogP contribution in [0.15, 0.2) is 36.4 Å². The standard InChI is InChI=1S/C20H24N2O3/c1-2-19(24)22-12-11-16(13-22)21-18(23)10-9-15-8-7-14-5-3-4-6-17(14)20(15)25/h3-8,16,25H,2,9-13H2,1H3,(H,21,23). The van der Waals surface area contributed by atoms with E-state index in [9.17, 15) is 14.7 Å². The number of phenolic OH excluding ortho intramolecular Hbond substituents is 1. The number of nitrogens with zero attached hydrogens (tertiary/aromatic N) is 1. The zero-order chi connectivity index (χ0) is 17.8. The molecule has 3 rings (SSSR count). The van der Waals surface area contributed by atoms with E-state index < -0.39 is 0 Å². The second-order valence-corrected chi connectivity index (χ2v) is 6.54. The molecule has 0 bridgehead atoms. The second-order valence-electron chi connectivity index (χ2n) is 6.54. The van der Waals surface area contributed by atoms with E-state index in [-0.39, 0.29) is 23.6 Å². The van der Waals surface area contributed by atoms with Gasteiger partial charge in [0.15, 0.2) is 0 Å². The number of amides is 2. The average molecular weight is 340 g/mol. The Bertz CT molecular complexity index is 788. The zero-order valence-corrected chi connectivity index (χ0v) is 14.5. The maximum absolute atomic E-state index is 12.2. The van der Waals surface area contributed by atoms with Gasteiger partial charge in [-0.25, -0.2) is 0 Å². The molecule has 1 fully saturated rings. The van der Waals surface area contributed by atoms with Gasteiger partial charge in [-0.15, -0.1) is 0 Å². The van der Waals surface area contributed by atoms with Crippen molar-refractivity contribution in [1.29, 1.82) is 0 Å². The third-order valence-corrected chi connectivity index (χ3v) is 4.81. The van der Waals surface area contributed by atoms with E-state index in [1.807, 2.05) is 43.3 Å². The summed E-state index contributed by atoms with van der Waals surface area (Å²) in [5, 5.41) is 15.2. The van der Waals surface area contributed by atoms with Crippen LogP contribution in [0.1, 0.15) is 31.7 Å². The van der Waals surface area contributed by atoms with Crippen LogP contribution in [0.3, 0.4) is 0 Å². The minimum Gasteiger partial charge on any atom is -0.507 e. The molecule has 132 valence electrons. The maximum atomic E-state index is 12.2. The van der Waals surface area contributed by atoms with Crippen molar-refractivity contribution in [3.05, 3.63) is 42.0 Å². The van der Waals surface area contributed by atoms with Gasteiger partial charge in [-0.1, -0.05) is 43.3 Å². The molecule has 2 N–H and O–H groups in total. The van der Waals surface area contributed by atoms with Gasteiger partial charge >= 0.3 is 0 Å². The van der Waals surface area contributed by atoms with Gasteiger partial charge in [0.05, 0.1) is 0 Å². The number of nitrogens with one attached hydrogen (secondary N) is 1. The molecule has 5 nitrogen and oxygen atoms in total. The van der Waals surface area contributed by atoms with E-state index in [0.717, 1.165) is 22.8 Å². The molecule has 0 saturated carbocycles. The number of carbonyl (C=O) groups excluding carboxylic acids is 2. The second kappa shape index (κ2) is 7.55. The first kappa shape index (κ1) is 17.3. The summed E-state index contributed by atoms with van der Waals surface area (Å²) in [5.41, 5.74) is 0.781. The predicted octanol–water partition coefficient (Wildman–Crippen LogP) is 2.61.